The number of nitrogens with zero attached hydrogens (tertiary/aromatic N) is 3. The fourth-order valence-corrected chi connectivity index (χ4v) is 4.75. The van der Waals surface area contributed by atoms with Crippen molar-refractivity contribution >= 4 is 42.3 Å². The molecule has 0 aliphatic heterocycles. The van der Waals surface area contributed by atoms with E-state index >= 15 is 0 Å². The van der Waals surface area contributed by atoms with Gasteiger partial charge < -0.3 is 15.4 Å². The zero-order valence-electron chi connectivity index (χ0n) is 22.5. The van der Waals surface area contributed by atoms with E-state index in [0.29, 0.717) is 52.0 Å². The van der Waals surface area contributed by atoms with Crippen molar-refractivity contribution in [1.29, 1.82) is 0 Å². The van der Waals surface area contributed by atoms with E-state index in [1.165, 1.54) is 0 Å². The molecule has 6 aromatic rings. The lowest BCUT2D eigenvalue weighted by Crippen LogP contribution is -2.23. The largest absolute Gasteiger partial charge is 0.457 e. The maximum Gasteiger partial charge on any atom is 0.255 e. The molecule has 1 amide bonds. The molecule has 9 heteroatoms. The number of halogens is 1. The number of nitrogens with one attached hydrogen (secondary N) is 2. The standard InChI is InChI=1S/C33H25BClN5O2/c34-27-21-38-40-31(18-29(39-32(27)40)25-10-4-6-12-28(25)35)36-19-22-14-16-23(17-15-22)20-37-33(41)26-11-5-7-13-30(26)42-24-8-2-1-3-9-24/h1-18,21,36H,19-20H2,(H,37,41). The first kappa shape index (κ1) is 27.1. The molecule has 2 heterocycles. The lowest BCUT2D eigenvalue weighted by atomic mass is 10.0. The summed E-state index contributed by atoms with van der Waals surface area (Å²) >= 11 is 6.44. The number of carbonyl (C=O) groups excluding carboxylic acids is 1. The minimum absolute atomic E-state index is 0.207. The van der Waals surface area contributed by atoms with E-state index < -0.39 is 0 Å². The summed E-state index contributed by atoms with van der Waals surface area (Å²) in [5.74, 6) is 1.70. The second-order valence-corrected chi connectivity index (χ2v) is 10.0. The molecule has 0 saturated carbocycles. The van der Waals surface area contributed by atoms with E-state index in [2.05, 4.69) is 20.7 Å². The summed E-state index contributed by atoms with van der Waals surface area (Å²) in [4.78, 5) is 17.7. The molecule has 6 rings (SSSR count). The molecule has 2 radical (unpaired) electrons. The second-order valence-electron chi connectivity index (χ2n) is 9.61. The summed E-state index contributed by atoms with van der Waals surface area (Å²) in [6.45, 7) is 0.919. The molecule has 0 fully saturated rings. The first-order valence-electron chi connectivity index (χ1n) is 13.4. The van der Waals surface area contributed by atoms with Gasteiger partial charge in [0.05, 0.1) is 11.3 Å². The van der Waals surface area contributed by atoms with E-state index in [0.717, 1.165) is 22.5 Å². The van der Waals surface area contributed by atoms with Gasteiger partial charge >= 0.3 is 0 Å². The molecule has 0 atom stereocenters. The number of amides is 1. The zero-order chi connectivity index (χ0) is 28.9. The molecule has 0 saturated heterocycles. The smallest absolute Gasteiger partial charge is 0.255 e. The number of carbonyl (C=O) groups is 1. The van der Waals surface area contributed by atoms with Crippen LogP contribution in [0.2, 0.25) is 5.02 Å². The lowest BCUT2D eigenvalue weighted by Gasteiger charge is -2.13. The molecule has 0 bridgehead atoms. The first-order chi connectivity index (χ1) is 20.5. The van der Waals surface area contributed by atoms with Crippen LogP contribution in [0.15, 0.2) is 115 Å². The monoisotopic (exact) mass is 569 g/mol. The zero-order valence-corrected chi connectivity index (χ0v) is 23.3. The number of hydrogen-bond acceptors (Lipinski definition) is 5. The van der Waals surface area contributed by atoms with Gasteiger partial charge in [0.25, 0.3) is 5.91 Å². The molecule has 2 aromatic heterocycles. The summed E-state index contributed by atoms with van der Waals surface area (Å²) in [6, 6.07) is 34.1. The predicted octanol–water partition coefficient (Wildman–Crippen LogP) is 6.18. The number of anilines is 1. The van der Waals surface area contributed by atoms with Gasteiger partial charge in [0.15, 0.2) is 5.65 Å². The van der Waals surface area contributed by atoms with Crippen LogP contribution in [0.4, 0.5) is 5.82 Å². The number of fused-ring (bicyclic) bond motifs is 1. The van der Waals surface area contributed by atoms with Gasteiger partial charge in [0, 0.05) is 35.9 Å². The van der Waals surface area contributed by atoms with Crippen molar-refractivity contribution in [1.82, 2.24) is 19.9 Å². The normalized spacial score (nSPS) is 10.9. The van der Waals surface area contributed by atoms with Crippen LogP contribution < -0.4 is 20.8 Å². The van der Waals surface area contributed by atoms with Gasteiger partial charge in [-0.25, -0.2) is 4.98 Å². The fourth-order valence-electron chi connectivity index (χ4n) is 4.52. The van der Waals surface area contributed by atoms with Gasteiger partial charge in [-0.05, 0) is 46.9 Å². The van der Waals surface area contributed by atoms with E-state index in [1.807, 2.05) is 97.1 Å². The van der Waals surface area contributed by atoms with Crippen molar-refractivity contribution < 1.29 is 9.53 Å². The number of rotatable bonds is 9. The van der Waals surface area contributed by atoms with Crippen LogP contribution in [-0.4, -0.2) is 28.4 Å². The summed E-state index contributed by atoms with van der Waals surface area (Å²) in [6.07, 6.45) is 1.58. The van der Waals surface area contributed by atoms with E-state index in [1.54, 1.807) is 22.8 Å². The minimum Gasteiger partial charge on any atom is -0.457 e. The molecule has 2 N–H and O–H groups in total. The van der Waals surface area contributed by atoms with Crippen molar-refractivity contribution in [2.24, 2.45) is 0 Å². The minimum atomic E-state index is -0.207. The van der Waals surface area contributed by atoms with Crippen LogP contribution in [0.3, 0.4) is 0 Å². The van der Waals surface area contributed by atoms with Crippen molar-refractivity contribution in [2.45, 2.75) is 13.1 Å². The SMILES string of the molecule is [B]c1cnn2c(NCc3ccc(CNC(=O)c4ccccc4Oc4ccccc4)cc3)cc(-c3ccccc3Cl)nc12. The van der Waals surface area contributed by atoms with Gasteiger partial charge in [-0.1, -0.05) is 84.4 Å². The Balaban J connectivity index is 1.12. The van der Waals surface area contributed by atoms with Crippen molar-refractivity contribution in [3.8, 4) is 22.8 Å². The second kappa shape index (κ2) is 12.2. The van der Waals surface area contributed by atoms with Crippen LogP contribution in [0.5, 0.6) is 11.5 Å². The maximum atomic E-state index is 13.0. The summed E-state index contributed by atoms with van der Waals surface area (Å²) in [5, 5.41) is 11.4. The Morgan fingerprint density at radius 3 is 2.33 bits per heavy atom. The van der Waals surface area contributed by atoms with Crippen molar-refractivity contribution in [3.05, 3.63) is 137 Å². The number of benzene rings is 4. The van der Waals surface area contributed by atoms with Crippen molar-refractivity contribution in [2.75, 3.05) is 5.32 Å². The number of ether oxygens (including phenoxy) is 1. The lowest BCUT2D eigenvalue weighted by molar-refractivity contribution is 0.0948. The third-order valence-corrected chi connectivity index (χ3v) is 7.03. The van der Waals surface area contributed by atoms with E-state index in [9.17, 15) is 4.79 Å². The highest BCUT2D eigenvalue weighted by Gasteiger charge is 2.14. The summed E-state index contributed by atoms with van der Waals surface area (Å²) in [5.41, 5.74) is 5.04. The van der Waals surface area contributed by atoms with Crippen LogP contribution in [0.1, 0.15) is 21.5 Å². The van der Waals surface area contributed by atoms with Gasteiger partial charge in [0.2, 0.25) is 0 Å². The average molecular weight is 570 g/mol. The number of para-hydroxylation sites is 2. The Morgan fingerprint density at radius 2 is 1.55 bits per heavy atom. The number of aromatic nitrogens is 3. The fraction of sp³-hybridized carbons (Fsp3) is 0.0606. The average Bonchev–Trinajstić information content (AvgIpc) is 3.40. The quantitative estimate of drug-likeness (QED) is 0.203. The molecule has 42 heavy (non-hydrogen) atoms. The summed E-state index contributed by atoms with van der Waals surface area (Å²) < 4.78 is 7.62. The van der Waals surface area contributed by atoms with Crippen LogP contribution >= 0.6 is 11.6 Å². The maximum absolute atomic E-state index is 13.0. The molecule has 4 aromatic carbocycles. The predicted molar refractivity (Wildman–Crippen MR) is 167 cm³/mol. The Kier molecular flexibility index (Phi) is 7.88. The molecule has 0 aliphatic rings. The van der Waals surface area contributed by atoms with Crippen LogP contribution in [0, 0.1) is 0 Å². The topological polar surface area (TPSA) is 80.5 Å². The van der Waals surface area contributed by atoms with E-state index in [4.69, 9.17) is 24.2 Å². The van der Waals surface area contributed by atoms with Gasteiger partial charge in [-0.3, -0.25) is 4.79 Å². The first-order valence-corrected chi connectivity index (χ1v) is 13.7. The molecule has 7 nitrogen and oxygen atoms in total. The van der Waals surface area contributed by atoms with E-state index in [-0.39, 0.29) is 5.91 Å². The Morgan fingerprint density at radius 1 is 0.857 bits per heavy atom. The highest BCUT2D eigenvalue weighted by Crippen LogP contribution is 2.28. The molecule has 0 unspecified atom stereocenters. The van der Waals surface area contributed by atoms with Gasteiger partial charge in [-0.2, -0.15) is 9.61 Å². The Hall–Kier alpha value is -5.08. The van der Waals surface area contributed by atoms with Gasteiger partial charge in [-0.15, -0.1) is 0 Å². The third-order valence-electron chi connectivity index (χ3n) is 6.70. The van der Waals surface area contributed by atoms with Crippen LogP contribution in [0.25, 0.3) is 16.9 Å². The molecule has 204 valence electrons. The Labute approximate surface area is 249 Å². The highest BCUT2D eigenvalue weighted by atomic mass is 35.5. The highest BCUT2D eigenvalue weighted by molar-refractivity contribution is 6.36. The Bertz CT molecular complexity index is 1860. The number of hydrogen-bond donors (Lipinski definition) is 2. The molecule has 0 spiro atoms. The molecular weight excluding hydrogens is 545 g/mol. The van der Waals surface area contributed by atoms with Gasteiger partial charge in [0.1, 0.15) is 25.2 Å². The third kappa shape index (κ3) is 5.99. The van der Waals surface area contributed by atoms with Crippen LogP contribution in [-0.2, 0) is 13.1 Å². The molecule has 0 aliphatic carbocycles. The summed E-state index contributed by atoms with van der Waals surface area (Å²) in [7, 11) is 6.14. The molecular formula is C33H25BClN5O2. The van der Waals surface area contributed by atoms with Crippen molar-refractivity contribution in [3.63, 3.8) is 0 Å².